The Balaban J connectivity index is 0.00000172. The number of amides is 2. The van der Waals surface area contributed by atoms with Gasteiger partial charge in [0.25, 0.3) is 11.8 Å². The minimum Gasteiger partial charge on any atom is -0.396 e. The van der Waals surface area contributed by atoms with E-state index in [9.17, 15) is 19.2 Å². The van der Waals surface area contributed by atoms with E-state index in [1.165, 1.54) is 0 Å². The maximum absolute atomic E-state index is 11.3. The number of ketones is 1. The second-order valence-electron chi connectivity index (χ2n) is 3.91. The minimum atomic E-state index is -0.782. The zero-order valence-electron chi connectivity index (χ0n) is 11.1. The van der Waals surface area contributed by atoms with Crippen molar-refractivity contribution < 1.29 is 29.1 Å². The summed E-state index contributed by atoms with van der Waals surface area (Å²) in [7, 11) is 0. The molecule has 0 saturated carbocycles. The van der Waals surface area contributed by atoms with E-state index in [0.29, 0.717) is 11.5 Å². The average molecular weight is 286 g/mol. The molecule has 112 valence electrons. The van der Waals surface area contributed by atoms with Crippen LogP contribution in [0.5, 0.6) is 0 Å². The highest BCUT2D eigenvalue weighted by atomic mass is 16.7. The van der Waals surface area contributed by atoms with Crippen molar-refractivity contribution in [2.24, 2.45) is 0 Å². The molecular weight excluding hydrogens is 268 g/mol. The van der Waals surface area contributed by atoms with Crippen molar-refractivity contribution in [3.63, 3.8) is 0 Å². The molecule has 0 atom stereocenters. The van der Waals surface area contributed by atoms with Crippen molar-refractivity contribution in [1.29, 1.82) is 5.41 Å². The molecule has 0 aromatic carbocycles. The summed E-state index contributed by atoms with van der Waals surface area (Å²) in [6.07, 6.45) is 0.446. The predicted molar refractivity (Wildman–Crippen MR) is 67.6 cm³/mol. The molecule has 0 bridgehead atoms. The molecule has 20 heavy (non-hydrogen) atoms. The van der Waals surface area contributed by atoms with Crippen LogP contribution in [0.4, 0.5) is 0 Å². The van der Waals surface area contributed by atoms with Crippen LogP contribution in [-0.4, -0.2) is 47.1 Å². The van der Waals surface area contributed by atoms with Crippen LogP contribution < -0.4 is 0 Å². The summed E-state index contributed by atoms with van der Waals surface area (Å²) >= 11 is 0. The van der Waals surface area contributed by atoms with Gasteiger partial charge in [-0.05, 0) is 13.1 Å². The summed E-state index contributed by atoms with van der Waals surface area (Å²) in [5.41, 5.74) is 0. The van der Waals surface area contributed by atoms with E-state index in [1.807, 2.05) is 0 Å². The molecule has 2 amide bonds. The molecule has 1 saturated heterocycles. The van der Waals surface area contributed by atoms with Crippen molar-refractivity contribution in [1.82, 2.24) is 5.06 Å². The minimum absolute atomic E-state index is 0.0188. The van der Waals surface area contributed by atoms with E-state index in [2.05, 4.69) is 11.6 Å². The van der Waals surface area contributed by atoms with Gasteiger partial charge < -0.3 is 15.4 Å². The summed E-state index contributed by atoms with van der Waals surface area (Å²) in [4.78, 5) is 49.4. The lowest BCUT2D eigenvalue weighted by atomic mass is 10.1. The zero-order chi connectivity index (χ0) is 15.5. The fraction of sp³-hybridized carbons (Fsp3) is 0.583. The van der Waals surface area contributed by atoms with E-state index >= 15 is 0 Å². The van der Waals surface area contributed by atoms with Crippen LogP contribution >= 0.6 is 0 Å². The van der Waals surface area contributed by atoms with Gasteiger partial charge in [-0.2, -0.15) is 0 Å². The third-order valence-corrected chi connectivity index (χ3v) is 2.42. The zero-order valence-corrected chi connectivity index (χ0v) is 11.1. The molecule has 1 aliphatic heterocycles. The van der Waals surface area contributed by atoms with Gasteiger partial charge in [-0.25, -0.2) is 4.79 Å². The van der Waals surface area contributed by atoms with Gasteiger partial charge in [-0.3, -0.25) is 14.4 Å². The number of hydrogen-bond donors (Lipinski definition) is 2. The molecule has 1 heterocycles. The monoisotopic (exact) mass is 286 g/mol. The Kier molecular flexibility index (Phi) is 8.77. The van der Waals surface area contributed by atoms with Gasteiger partial charge in [-0.15, -0.1) is 5.06 Å². The van der Waals surface area contributed by atoms with Crippen LogP contribution in [0.15, 0.2) is 0 Å². The molecule has 1 rings (SSSR count). The van der Waals surface area contributed by atoms with Crippen LogP contribution in [0.2, 0.25) is 0 Å². The average Bonchev–Trinajstić information content (AvgIpc) is 2.77. The van der Waals surface area contributed by atoms with E-state index in [-0.39, 0.29) is 44.5 Å². The number of nitrogens with zero attached hydrogens (tertiary/aromatic N) is 1. The maximum atomic E-state index is 11.3. The second-order valence-corrected chi connectivity index (χ2v) is 3.91. The van der Waals surface area contributed by atoms with E-state index in [1.54, 1.807) is 0 Å². The molecule has 1 fully saturated rings. The highest BCUT2D eigenvalue weighted by molar-refractivity contribution is 6.01. The lowest BCUT2D eigenvalue weighted by Crippen LogP contribution is -2.32. The number of aliphatic hydroxyl groups excluding tert-OH is 1. The highest BCUT2D eigenvalue weighted by Crippen LogP contribution is 2.13. The van der Waals surface area contributed by atoms with E-state index < -0.39 is 17.8 Å². The molecule has 8 nitrogen and oxygen atoms in total. The molecule has 2 N–H and O–H groups in total. The molecule has 0 unspecified atom stereocenters. The topological polar surface area (TPSA) is 125 Å². The fourth-order valence-electron chi connectivity index (χ4n) is 1.45. The Hall–Kier alpha value is -2.09. The molecule has 8 heteroatoms. The molecule has 1 aliphatic rings. The van der Waals surface area contributed by atoms with Crippen LogP contribution in [0.1, 0.15) is 38.5 Å². The summed E-state index contributed by atoms with van der Waals surface area (Å²) in [5, 5.41) is 14.5. The lowest BCUT2D eigenvalue weighted by molar-refractivity contribution is -0.197. The molecular formula is C12H18N2O6. The first-order valence-electron chi connectivity index (χ1n) is 6.09. The molecule has 0 aliphatic carbocycles. The van der Waals surface area contributed by atoms with Crippen molar-refractivity contribution >= 4 is 30.3 Å². The largest absolute Gasteiger partial charge is 0.396 e. The van der Waals surface area contributed by atoms with Gasteiger partial charge in [0.15, 0.2) is 0 Å². The number of aliphatic hydroxyl groups is 1. The van der Waals surface area contributed by atoms with Crippen molar-refractivity contribution in [3.05, 3.63) is 0 Å². The number of rotatable bonds is 7. The van der Waals surface area contributed by atoms with Crippen LogP contribution in [0.25, 0.3) is 0 Å². The van der Waals surface area contributed by atoms with E-state index in [0.717, 1.165) is 0 Å². The number of imide groups is 1. The van der Waals surface area contributed by atoms with Gasteiger partial charge >= 0.3 is 5.97 Å². The first kappa shape index (κ1) is 17.9. The number of carbonyl (C=O) groups is 4. The molecule has 0 radical (unpaired) electrons. The van der Waals surface area contributed by atoms with Gasteiger partial charge in [0, 0.05) is 32.3 Å². The quantitative estimate of drug-likeness (QED) is 0.500. The number of hydroxylamine groups is 2. The van der Waals surface area contributed by atoms with Gasteiger partial charge in [0.1, 0.15) is 5.78 Å². The smallest absolute Gasteiger partial charge is 0.333 e. The number of hydrogen-bond acceptors (Lipinski definition) is 7. The summed E-state index contributed by atoms with van der Waals surface area (Å²) in [6, 6.07) is 0. The van der Waals surface area contributed by atoms with Crippen LogP contribution in [-0.2, 0) is 24.0 Å². The van der Waals surface area contributed by atoms with Gasteiger partial charge in [-0.1, -0.05) is 0 Å². The third kappa shape index (κ3) is 6.19. The van der Waals surface area contributed by atoms with Crippen LogP contribution in [0, 0.1) is 5.41 Å². The van der Waals surface area contributed by atoms with E-state index in [4.69, 9.17) is 10.5 Å². The first-order chi connectivity index (χ1) is 9.54. The Labute approximate surface area is 116 Å². The van der Waals surface area contributed by atoms with Crippen LogP contribution in [0.3, 0.4) is 0 Å². The van der Waals surface area contributed by atoms with Gasteiger partial charge in [0.05, 0.1) is 6.42 Å². The summed E-state index contributed by atoms with van der Waals surface area (Å²) in [6.45, 7) is 2.42. The standard InChI is InChI=1S/C11H15NO6.CH3N/c13-7-1-2-8(14)3-6-11(17)18-12-9(15)4-5-10(12)16;1-2/h13H,1-7H2;2H,1H2. The normalized spacial score (nSPS) is 13.8. The third-order valence-electron chi connectivity index (χ3n) is 2.42. The lowest BCUT2D eigenvalue weighted by Gasteiger charge is -2.12. The summed E-state index contributed by atoms with van der Waals surface area (Å²) in [5.74, 6) is -2.03. The molecule has 0 aromatic heterocycles. The Morgan fingerprint density at radius 3 is 2.20 bits per heavy atom. The number of Topliss-reactive ketones (excluding diaryl/α,β-unsaturated/α-hetero) is 1. The first-order valence-corrected chi connectivity index (χ1v) is 6.09. The SMILES string of the molecule is C=N.O=C(CCCO)CCC(=O)ON1C(=O)CCC1=O. The Morgan fingerprint density at radius 2 is 1.70 bits per heavy atom. The maximum Gasteiger partial charge on any atom is 0.333 e. The van der Waals surface area contributed by atoms with Gasteiger partial charge in [0.2, 0.25) is 0 Å². The number of carbonyl (C=O) groups excluding carboxylic acids is 4. The van der Waals surface area contributed by atoms with Crippen molar-refractivity contribution in [3.8, 4) is 0 Å². The second kappa shape index (κ2) is 9.79. The fourth-order valence-corrected chi connectivity index (χ4v) is 1.45. The number of nitrogens with one attached hydrogen (secondary N) is 1. The predicted octanol–water partition coefficient (Wildman–Crippen LogP) is -0.0188. The molecule has 0 spiro atoms. The Bertz CT molecular complexity index is 366. The Morgan fingerprint density at radius 1 is 1.15 bits per heavy atom. The molecule has 0 aromatic rings. The van der Waals surface area contributed by atoms with Crippen molar-refractivity contribution in [2.45, 2.75) is 38.5 Å². The van der Waals surface area contributed by atoms with Crippen molar-refractivity contribution in [2.75, 3.05) is 6.61 Å². The highest BCUT2D eigenvalue weighted by Gasteiger charge is 2.32. The summed E-state index contributed by atoms with van der Waals surface area (Å²) < 4.78 is 0.